The summed E-state index contributed by atoms with van der Waals surface area (Å²) in [7, 11) is 0. The van der Waals surface area contributed by atoms with Crippen LogP contribution in [0.15, 0.2) is 26.4 Å². The van der Waals surface area contributed by atoms with Crippen molar-refractivity contribution >= 4 is 17.7 Å². The summed E-state index contributed by atoms with van der Waals surface area (Å²) in [4.78, 5) is 11.8. The molecule has 2 aromatic rings. The van der Waals surface area contributed by atoms with Crippen LogP contribution in [-0.2, 0) is 4.79 Å². The van der Waals surface area contributed by atoms with E-state index in [4.69, 9.17) is 8.83 Å². The molecule has 6 nitrogen and oxygen atoms in total. The molecule has 1 amide bonds. The van der Waals surface area contributed by atoms with Crippen molar-refractivity contribution in [1.82, 2.24) is 15.5 Å². The van der Waals surface area contributed by atoms with E-state index in [1.54, 1.807) is 12.3 Å². The fraction of sp³-hybridized carbons (Fsp3) is 0.500. The van der Waals surface area contributed by atoms with E-state index in [2.05, 4.69) is 22.4 Å². The number of carbonyl (C=O) groups excluding carboxylic acids is 1. The fourth-order valence-corrected chi connectivity index (χ4v) is 2.51. The predicted octanol–water partition coefficient (Wildman–Crippen LogP) is 3.03. The van der Waals surface area contributed by atoms with Crippen LogP contribution in [0.25, 0.3) is 11.5 Å². The minimum Gasteiger partial charge on any atom is -0.469 e. The second-order valence-electron chi connectivity index (χ2n) is 4.81. The molecule has 0 saturated carbocycles. The number of carbonyl (C=O) groups is 1. The molecular formula is C14H19N3O3S. The smallest absolute Gasteiger partial charge is 0.277 e. The van der Waals surface area contributed by atoms with E-state index < -0.39 is 0 Å². The molecule has 2 rings (SSSR count). The lowest BCUT2D eigenvalue weighted by molar-refractivity contribution is -0.119. The zero-order valence-electron chi connectivity index (χ0n) is 12.4. The Balaban J connectivity index is 1.86. The second-order valence-corrected chi connectivity index (χ2v) is 5.74. The lowest BCUT2D eigenvalue weighted by atomic mass is 10.2. The summed E-state index contributed by atoms with van der Waals surface area (Å²) < 4.78 is 10.7. The van der Waals surface area contributed by atoms with Crippen molar-refractivity contribution in [2.24, 2.45) is 0 Å². The average molecular weight is 309 g/mol. The summed E-state index contributed by atoms with van der Waals surface area (Å²) in [5, 5.41) is 11.2. The van der Waals surface area contributed by atoms with Gasteiger partial charge in [-0.25, -0.2) is 0 Å². The number of aromatic nitrogens is 2. The van der Waals surface area contributed by atoms with Crippen molar-refractivity contribution in [1.29, 1.82) is 0 Å². The molecule has 0 aliphatic carbocycles. The summed E-state index contributed by atoms with van der Waals surface area (Å²) in [6.45, 7) is 5.92. The molecule has 114 valence electrons. The van der Waals surface area contributed by atoms with Gasteiger partial charge < -0.3 is 14.2 Å². The molecular weight excluding hydrogens is 290 g/mol. The molecule has 0 bridgehead atoms. The van der Waals surface area contributed by atoms with Gasteiger partial charge in [0.2, 0.25) is 5.91 Å². The van der Waals surface area contributed by atoms with Crippen molar-refractivity contribution in [3.63, 3.8) is 0 Å². The maximum absolute atomic E-state index is 11.8. The third-order valence-corrected chi connectivity index (χ3v) is 3.77. The highest BCUT2D eigenvalue weighted by molar-refractivity contribution is 7.99. The van der Waals surface area contributed by atoms with Crippen molar-refractivity contribution in [2.45, 2.75) is 44.9 Å². The number of hydrogen-bond donors (Lipinski definition) is 1. The van der Waals surface area contributed by atoms with Crippen LogP contribution in [0.3, 0.4) is 0 Å². The Morgan fingerprint density at radius 2 is 2.29 bits per heavy atom. The highest BCUT2D eigenvalue weighted by Gasteiger charge is 2.14. The molecule has 0 aromatic carbocycles. The molecule has 0 aliphatic rings. The van der Waals surface area contributed by atoms with Crippen molar-refractivity contribution in [2.75, 3.05) is 5.75 Å². The van der Waals surface area contributed by atoms with E-state index in [1.165, 1.54) is 11.8 Å². The molecule has 1 N–H and O–H groups in total. The van der Waals surface area contributed by atoms with Crippen molar-refractivity contribution in [3.8, 4) is 11.5 Å². The van der Waals surface area contributed by atoms with Crippen molar-refractivity contribution < 1.29 is 13.6 Å². The topological polar surface area (TPSA) is 81.2 Å². The molecule has 0 aliphatic heterocycles. The van der Waals surface area contributed by atoms with Crippen LogP contribution in [0, 0.1) is 6.92 Å². The first-order valence-electron chi connectivity index (χ1n) is 6.90. The van der Waals surface area contributed by atoms with Gasteiger partial charge >= 0.3 is 0 Å². The van der Waals surface area contributed by atoms with Crippen LogP contribution >= 0.6 is 11.8 Å². The van der Waals surface area contributed by atoms with Gasteiger partial charge in [-0.2, -0.15) is 0 Å². The Bertz CT molecular complexity index is 594. The predicted molar refractivity (Wildman–Crippen MR) is 80.0 cm³/mol. The number of amides is 1. The molecule has 2 heterocycles. The molecule has 0 spiro atoms. The van der Waals surface area contributed by atoms with Gasteiger partial charge in [0.15, 0.2) is 0 Å². The molecule has 21 heavy (non-hydrogen) atoms. The summed E-state index contributed by atoms with van der Waals surface area (Å²) >= 11 is 1.23. The van der Waals surface area contributed by atoms with Crippen LogP contribution in [0.5, 0.6) is 0 Å². The number of hydrogen-bond acceptors (Lipinski definition) is 6. The third-order valence-electron chi connectivity index (χ3n) is 2.95. The lowest BCUT2D eigenvalue weighted by Crippen LogP contribution is -2.33. The van der Waals surface area contributed by atoms with Gasteiger partial charge in [0, 0.05) is 6.04 Å². The highest BCUT2D eigenvalue weighted by atomic mass is 32.2. The summed E-state index contributed by atoms with van der Waals surface area (Å²) in [5.41, 5.74) is 0.773. The van der Waals surface area contributed by atoms with E-state index in [0.717, 1.165) is 24.2 Å². The molecule has 0 saturated heterocycles. The van der Waals surface area contributed by atoms with Gasteiger partial charge in [-0.15, -0.1) is 10.2 Å². The molecule has 0 unspecified atom stereocenters. The number of thioether (sulfide) groups is 1. The number of nitrogens with zero attached hydrogens (tertiary/aromatic N) is 2. The quantitative estimate of drug-likeness (QED) is 0.792. The molecule has 7 heteroatoms. The van der Waals surface area contributed by atoms with Gasteiger partial charge in [0.1, 0.15) is 5.76 Å². The fourth-order valence-electron chi connectivity index (χ4n) is 1.93. The van der Waals surface area contributed by atoms with E-state index in [1.807, 2.05) is 13.8 Å². The van der Waals surface area contributed by atoms with Crippen LogP contribution in [-0.4, -0.2) is 27.9 Å². The zero-order chi connectivity index (χ0) is 15.2. The van der Waals surface area contributed by atoms with E-state index in [0.29, 0.717) is 11.1 Å². The molecule has 1 atom stereocenters. The van der Waals surface area contributed by atoms with E-state index in [9.17, 15) is 4.79 Å². The zero-order valence-corrected chi connectivity index (χ0v) is 13.2. The largest absolute Gasteiger partial charge is 0.469 e. The standard InChI is InChI=1S/C14H19N3O3S/c1-4-5-9(2)15-12(18)8-21-14-17-16-13(20-14)11-6-7-19-10(11)3/h6-7,9H,4-5,8H2,1-3H3,(H,15,18)/t9-/m1/s1. The lowest BCUT2D eigenvalue weighted by Gasteiger charge is -2.11. The number of aryl methyl sites for hydroxylation is 1. The van der Waals surface area contributed by atoms with Crippen LogP contribution in [0.1, 0.15) is 32.4 Å². The van der Waals surface area contributed by atoms with E-state index in [-0.39, 0.29) is 17.7 Å². The first-order valence-corrected chi connectivity index (χ1v) is 7.88. The van der Waals surface area contributed by atoms with Gasteiger partial charge in [-0.3, -0.25) is 4.79 Å². The second kappa shape index (κ2) is 7.31. The Hall–Kier alpha value is -1.76. The maximum Gasteiger partial charge on any atom is 0.277 e. The van der Waals surface area contributed by atoms with E-state index >= 15 is 0 Å². The SMILES string of the molecule is CCC[C@@H](C)NC(=O)CSc1nnc(-c2ccoc2C)o1. The highest BCUT2D eigenvalue weighted by Crippen LogP contribution is 2.26. The Labute approximate surface area is 127 Å². The minimum atomic E-state index is -0.0276. The number of nitrogens with one attached hydrogen (secondary N) is 1. The average Bonchev–Trinajstić information content (AvgIpc) is 3.05. The van der Waals surface area contributed by atoms with Crippen LogP contribution in [0.2, 0.25) is 0 Å². The Kier molecular flexibility index (Phi) is 5.44. The Morgan fingerprint density at radius 1 is 1.48 bits per heavy atom. The first-order chi connectivity index (χ1) is 10.1. The van der Waals surface area contributed by atoms with Crippen LogP contribution in [0.4, 0.5) is 0 Å². The normalized spacial score (nSPS) is 12.3. The van der Waals surface area contributed by atoms with Gasteiger partial charge in [-0.05, 0) is 26.3 Å². The number of furan rings is 1. The van der Waals surface area contributed by atoms with Gasteiger partial charge in [0.25, 0.3) is 11.1 Å². The summed E-state index contributed by atoms with van der Waals surface area (Å²) in [5.74, 6) is 1.37. The molecule has 0 fully saturated rings. The van der Waals surface area contributed by atoms with Gasteiger partial charge in [0.05, 0.1) is 17.6 Å². The van der Waals surface area contributed by atoms with Crippen molar-refractivity contribution in [3.05, 3.63) is 18.1 Å². The molecule has 0 radical (unpaired) electrons. The maximum atomic E-state index is 11.8. The first kappa shape index (κ1) is 15.6. The third kappa shape index (κ3) is 4.35. The van der Waals surface area contributed by atoms with Gasteiger partial charge in [-0.1, -0.05) is 25.1 Å². The summed E-state index contributed by atoms with van der Waals surface area (Å²) in [6, 6.07) is 1.96. The number of rotatable bonds is 7. The van der Waals surface area contributed by atoms with Crippen LogP contribution < -0.4 is 5.32 Å². The molecule has 2 aromatic heterocycles. The monoisotopic (exact) mass is 309 g/mol. The Morgan fingerprint density at radius 3 is 2.95 bits per heavy atom. The summed E-state index contributed by atoms with van der Waals surface area (Å²) in [6.07, 6.45) is 3.59. The minimum absolute atomic E-state index is 0.0276.